The predicted molar refractivity (Wildman–Crippen MR) is 85.6 cm³/mol. The molecule has 0 saturated heterocycles. The average Bonchev–Trinajstić information content (AvgIpc) is 2.45. The van der Waals surface area contributed by atoms with E-state index in [0.717, 1.165) is 0 Å². The third-order valence-corrected chi connectivity index (χ3v) is 3.54. The number of hydrogen-bond acceptors (Lipinski definition) is 2. The van der Waals surface area contributed by atoms with E-state index in [-0.39, 0.29) is 11.4 Å². The number of aliphatic imine (C=N–C) groups is 1. The van der Waals surface area contributed by atoms with Crippen LogP contribution in [-0.2, 0) is 11.2 Å². The third kappa shape index (κ3) is 5.89. The molecule has 0 aliphatic heterocycles. The van der Waals surface area contributed by atoms with Crippen LogP contribution in [0.4, 0.5) is 4.39 Å². The molecule has 6 heteroatoms. The first-order valence-corrected chi connectivity index (χ1v) is 7.20. The van der Waals surface area contributed by atoms with Crippen molar-refractivity contribution in [3.05, 3.63) is 34.6 Å². The minimum absolute atomic E-state index is 0.284. The van der Waals surface area contributed by atoms with Crippen LogP contribution in [0.15, 0.2) is 23.2 Å². The molecule has 0 fully saturated rings. The summed E-state index contributed by atoms with van der Waals surface area (Å²) < 4.78 is 19.0. The maximum Gasteiger partial charge on any atom is 0.191 e. The van der Waals surface area contributed by atoms with Gasteiger partial charge in [-0.3, -0.25) is 4.99 Å². The molecule has 0 unspecified atom stereocenters. The largest absolute Gasteiger partial charge is 0.377 e. The van der Waals surface area contributed by atoms with Gasteiger partial charge in [0.05, 0.1) is 5.60 Å². The van der Waals surface area contributed by atoms with E-state index in [0.29, 0.717) is 36.1 Å². The number of guanidine groups is 1. The van der Waals surface area contributed by atoms with Gasteiger partial charge in [-0.05, 0) is 32.4 Å². The highest BCUT2D eigenvalue weighted by Crippen LogP contribution is 2.18. The highest BCUT2D eigenvalue weighted by molar-refractivity contribution is 6.31. The van der Waals surface area contributed by atoms with Gasteiger partial charge in [0.2, 0.25) is 0 Å². The zero-order valence-electron chi connectivity index (χ0n) is 13.0. The first-order chi connectivity index (χ1) is 9.89. The minimum atomic E-state index is -0.285. The molecule has 4 nitrogen and oxygen atoms in total. The summed E-state index contributed by atoms with van der Waals surface area (Å²) in [7, 11) is 3.35. The molecule has 118 valence electrons. The fourth-order valence-electron chi connectivity index (χ4n) is 1.67. The highest BCUT2D eigenvalue weighted by Gasteiger charge is 2.16. The summed E-state index contributed by atoms with van der Waals surface area (Å²) in [6, 6.07) is 4.70. The van der Waals surface area contributed by atoms with Crippen LogP contribution in [-0.4, -0.2) is 38.8 Å². The second-order valence-electron chi connectivity index (χ2n) is 5.27. The molecule has 0 aromatic heterocycles. The van der Waals surface area contributed by atoms with Crippen LogP contribution >= 0.6 is 11.6 Å². The van der Waals surface area contributed by atoms with Crippen molar-refractivity contribution in [3.63, 3.8) is 0 Å². The summed E-state index contributed by atoms with van der Waals surface area (Å²) in [5.41, 5.74) is 0.228. The number of hydrogen-bond donors (Lipinski definition) is 2. The van der Waals surface area contributed by atoms with Gasteiger partial charge in [0.15, 0.2) is 5.96 Å². The number of nitrogens with zero attached hydrogens (tertiary/aromatic N) is 1. The molecule has 1 aromatic rings. The van der Waals surface area contributed by atoms with E-state index in [1.165, 1.54) is 6.07 Å². The molecule has 0 heterocycles. The molecule has 0 bridgehead atoms. The normalized spacial score (nSPS) is 12.4. The second kappa shape index (κ2) is 8.20. The van der Waals surface area contributed by atoms with Crippen LogP contribution < -0.4 is 10.6 Å². The van der Waals surface area contributed by atoms with E-state index in [1.54, 1.807) is 26.3 Å². The molecule has 21 heavy (non-hydrogen) atoms. The van der Waals surface area contributed by atoms with Gasteiger partial charge in [-0.15, -0.1) is 0 Å². The van der Waals surface area contributed by atoms with Crippen molar-refractivity contribution in [1.82, 2.24) is 10.6 Å². The Morgan fingerprint density at radius 3 is 2.67 bits per heavy atom. The monoisotopic (exact) mass is 315 g/mol. The Labute approximate surface area is 130 Å². The fraction of sp³-hybridized carbons (Fsp3) is 0.533. The van der Waals surface area contributed by atoms with Crippen LogP contribution in [0.2, 0.25) is 5.02 Å². The molecule has 0 amide bonds. The average molecular weight is 316 g/mol. The first-order valence-electron chi connectivity index (χ1n) is 6.82. The molecule has 0 spiro atoms. The Hall–Kier alpha value is -1.33. The van der Waals surface area contributed by atoms with Crippen LogP contribution in [0.3, 0.4) is 0 Å². The second-order valence-corrected chi connectivity index (χ2v) is 5.67. The van der Waals surface area contributed by atoms with Gasteiger partial charge in [0.25, 0.3) is 0 Å². The van der Waals surface area contributed by atoms with E-state index < -0.39 is 0 Å². The van der Waals surface area contributed by atoms with E-state index in [9.17, 15) is 4.39 Å². The Balaban J connectivity index is 2.46. The van der Waals surface area contributed by atoms with Crippen LogP contribution in [0.25, 0.3) is 0 Å². The van der Waals surface area contributed by atoms with E-state index in [1.807, 2.05) is 13.8 Å². The van der Waals surface area contributed by atoms with Crippen LogP contribution in [0.1, 0.15) is 19.4 Å². The molecule has 1 rings (SSSR count). The van der Waals surface area contributed by atoms with E-state index >= 15 is 0 Å². The number of halogens is 2. The summed E-state index contributed by atoms with van der Waals surface area (Å²) >= 11 is 5.99. The smallest absolute Gasteiger partial charge is 0.191 e. The van der Waals surface area contributed by atoms with Gasteiger partial charge in [-0.2, -0.15) is 0 Å². The molecule has 0 radical (unpaired) electrons. The lowest BCUT2D eigenvalue weighted by Gasteiger charge is -2.24. The maximum absolute atomic E-state index is 13.6. The molecule has 0 saturated carbocycles. The van der Waals surface area contributed by atoms with Gasteiger partial charge in [0.1, 0.15) is 5.82 Å². The van der Waals surface area contributed by atoms with E-state index in [2.05, 4.69) is 15.6 Å². The number of rotatable bonds is 6. The maximum atomic E-state index is 13.6. The zero-order chi connectivity index (χ0) is 15.9. The quantitative estimate of drug-likeness (QED) is 0.626. The molecular weight excluding hydrogens is 293 g/mol. The van der Waals surface area contributed by atoms with Gasteiger partial charge >= 0.3 is 0 Å². The van der Waals surface area contributed by atoms with Crippen molar-refractivity contribution >= 4 is 17.6 Å². The van der Waals surface area contributed by atoms with Crippen LogP contribution in [0, 0.1) is 5.82 Å². The molecule has 2 N–H and O–H groups in total. The van der Waals surface area contributed by atoms with Crippen molar-refractivity contribution in [1.29, 1.82) is 0 Å². The van der Waals surface area contributed by atoms with Crippen molar-refractivity contribution in [3.8, 4) is 0 Å². The highest BCUT2D eigenvalue weighted by atomic mass is 35.5. The Morgan fingerprint density at radius 2 is 2.10 bits per heavy atom. The minimum Gasteiger partial charge on any atom is -0.377 e. The standard InChI is InChI=1S/C15H23ClFN3O/c1-15(2,21-4)10-20-14(18-3)19-9-8-11-12(16)6-5-7-13(11)17/h5-7H,8-10H2,1-4H3,(H2,18,19,20). The molecule has 1 aromatic carbocycles. The Kier molecular flexibility index (Phi) is 6.92. The summed E-state index contributed by atoms with van der Waals surface area (Å²) in [6.45, 7) is 5.11. The van der Waals surface area contributed by atoms with Gasteiger partial charge < -0.3 is 15.4 Å². The van der Waals surface area contributed by atoms with Gasteiger partial charge in [-0.1, -0.05) is 17.7 Å². The summed E-state index contributed by atoms with van der Waals surface area (Å²) in [5.74, 6) is 0.361. The summed E-state index contributed by atoms with van der Waals surface area (Å²) in [6.07, 6.45) is 0.486. The van der Waals surface area contributed by atoms with Crippen molar-refractivity contribution in [2.45, 2.75) is 25.9 Å². The Morgan fingerprint density at radius 1 is 1.38 bits per heavy atom. The fourth-order valence-corrected chi connectivity index (χ4v) is 1.92. The van der Waals surface area contributed by atoms with Crippen LogP contribution in [0.5, 0.6) is 0 Å². The zero-order valence-corrected chi connectivity index (χ0v) is 13.7. The summed E-state index contributed by atoms with van der Waals surface area (Å²) in [4.78, 5) is 4.11. The summed E-state index contributed by atoms with van der Waals surface area (Å²) in [5, 5.41) is 6.73. The SMILES string of the molecule is CN=C(NCCc1c(F)cccc1Cl)NCC(C)(C)OC. The topological polar surface area (TPSA) is 45.7 Å². The van der Waals surface area contributed by atoms with Crippen molar-refractivity contribution in [2.75, 3.05) is 27.2 Å². The third-order valence-electron chi connectivity index (χ3n) is 3.19. The number of benzene rings is 1. The lowest BCUT2D eigenvalue weighted by molar-refractivity contribution is 0.0268. The first kappa shape index (κ1) is 17.7. The molecule has 0 aliphatic carbocycles. The van der Waals surface area contributed by atoms with Gasteiger partial charge in [-0.25, -0.2) is 4.39 Å². The van der Waals surface area contributed by atoms with Gasteiger partial charge in [0, 0.05) is 37.8 Å². The predicted octanol–water partition coefficient (Wildman–Crippen LogP) is 2.61. The van der Waals surface area contributed by atoms with Crippen molar-refractivity contribution < 1.29 is 9.13 Å². The number of ether oxygens (including phenoxy) is 1. The number of nitrogens with one attached hydrogen (secondary N) is 2. The molecule has 0 aliphatic rings. The molecule has 0 atom stereocenters. The molecular formula is C15H23ClFN3O. The lowest BCUT2D eigenvalue weighted by Crippen LogP contribution is -2.45. The van der Waals surface area contributed by atoms with E-state index in [4.69, 9.17) is 16.3 Å². The van der Waals surface area contributed by atoms with Crippen molar-refractivity contribution in [2.24, 2.45) is 4.99 Å². The Bertz CT molecular complexity index is 472. The lowest BCUT2D eigenvalue weighted by atomic mass is 10.1. The number of methoxy groups -OCH3 is 1.